The number of rotatable bonds is 5. The number of primary amides is 1. The first kappa shape index (κ1) is 14.0. The zero-order valence-corrected chi connectivity index (χ0v) is 10.8. The lowest BCUT2D eigenvalue weighted by molar-refractivity contribution is -0.142. The van der Waals surface area contributed by atoms with Crippen molar-refractivity contribution in [1.82, 2.24) is 5.32 Å². The molecule has 0 radical (unpaired) electrons. The number of hydrogen-bond donors (Lipinski definition) is 2. The number of amides is 2. The van der Waals surface area contributed by atoms with Crippen LogP contribution >= 0.6 is 0 Å². The molecule has 0 aliphatic carbocycles. The lowest BCUT2D eigenvalue weighted by Crippen LogP contribution is -2.52. The summed E-state index contributed by atoms with van der Waals surface area (Å²) in [6.45, 7) is 6.31. The summed E-state index contributed by atoms with van der Waals surface area (Å²) in [5.74, 6) is -0.432. The fourth-order valence-electron chi connectivity index (χ4n) is 1.99. The fourth-order valence-corrected chi connectivity index (χ4v) is 1.99. The van der Waals surface area contributed by atoms with E-state index in [9.17, 15) is 9.59 Å². The number of carbonyl (C=O) groups is 2. The van der Waals surface area contributed by atoms with Crippen LogP contribution in [0.3, 0.4) is 0 Å². The molecule has 0 aromatic carbocycles. The SMILES string of the molecule is CC(C)C[C@H](NC(=O)[C@]1(C)CCCO1)C(N)=O. The molecule has 0 unspecified atom stereocenters. The van der Waals surface area contributed by atoms with Crippen LogP contribution in [-0.2, 0) is 14.3 Å². The predicted octanol–water partition coefficient (Wildman–Crippen LogP) is 0.572. The van der Waals surface area contributed by atoms with Crippen molar-refractivity contribution in [2.45, 2.75) is 51.7 Å². The summed E-state index contributed by atoms with van der Waals surface area (Å²) >= 11 is 0. The molecule has 0 aromatic rings. The summed E-state index contributed by atoms with van der Waals surface area (Å²) in [6.07, 6.45) is 2.11. The van der Waals surface area contributed by atoms with Gasteiger partial charge in [-0.3, -0.25) is 9.59 Å². The highest BCUT2D eigenvalue weighted by Crippen LogP contribution is 2.25. The molecule has 0 bridgehead atoms. The van der Waals surface area contributed by atoms with Gasteiger partial charge in [-0.1, -0.05) is 13.8 Å². The molecule has 5 nitrogen and oxygen atoms in total. The van der Waals surface area contributed by atoms with E-state index in [1.54, 1.807) is 6.92 Å². The van der Waals surface area contributed by atoms with Gasteiger partial charge in [0, 0.05) is 6.61 Å². The molecule has 2 amide bonds. The second-order valence-electron chi connectivity index (χ2n) is 5.24. The van der Waals surface area contributed by atoms with Crippen LogP contribution in [0.5, 0.6) is 0 Å². The van der Waals surface area contributed by atoms with Crippen LogP contribution in [0.25, 0.3) is 0 Å². The van der Waals surface area contributed by atoms with E-state index in [4.69, 9.17) is 10.5 Å². The van der Waals surface area contributed by atoms with E-state index >= 15 is 0 Å². The van der Waals surface area contributed by atoms with Crippen molar-refractivity contribution in [3.05, 3.63) is 0 Å². The molecule has 1 fully saturated rings. The van der Waals surface area contributed by atoms with E-state index in [1.165, 1.54) is 0 Å². The highest BCUT2D eigenvalue weighted by molar-refractivity contribution is 5.90. The second-order valence-corrected chi connectivity index (χ2v) is 5.24. The molecule has 17 heavy (non-hydrogen) atoms. The van der Waals surface area contributed by atoms with Gasteiger partial charge in [0.25, 0.3) is 5.91 Å². The summed E-state index contributed by atoms with van der Waals surface area (Å²) in [5.41, 5.74) is 4.48. The van der Waals surface area contributed by atoms with Crippen molar-refractivity contribution in [2.24, 2.45) is 11.7 Å². The first-order valence-electron chi connectivity index (χ1n) is 6.09. The first-order chi connectivity index (χ1) is 7.85. The van der Waals surface area contributed by atoms with E-state index in [1.807, 2.05) is 13.8 Å². The van der Waals surface area contributed by atoms with Crippen LogP contribution in [-0.4, -0.2) is 30.1 Å². The van der Waals surface area contributed by atoms with Crippen molar-refractivity contribution in [3.8, 4) is 0 Å². The molecule has 1 heterocycles. The van der Waals surface area contributed by atoms with Crippen molar-refractivity contribution in [1.29, 1.82) is 0 Å². The molecular weight excluding hydrogens is 220 g/mol. The Morgan fingerprint density at radius 2 is 2.12 bits per heavy atom. The summed E-state index contributed by atoms with van der Waals surface area (Å²) in [5, 5.41) is 2.69. The second kappa shape index (κ2) is 5.49. The third-order valence-corrected chi connectivity index (χ3v) is 3.05. The quantitative estimate of drug-likeness (QED) is 0.739. The smallest absolute Gasteiger partial charge is 0.252 e. The molecule has 2 atom stereocenters. The van der Waals surface area contributed by atoms with Crippen LogP contribution in [0.4, 0.5) is 0 Å². The zero-order chi connectivity index (χ0) is 13.1. The van der Waals surface area contributed by atoms with Crippen LogP contribution < -0.4 is 11.1 Å². The van der Waals surface area contributed by atoms with E-state index in [2.05, 4.69) is 5.32 Å². The van der Waals surface area contributed by atoms with Crippen LogP contribution in [0.2, 0.25) is 0 Å². The highest BCUT2D eigenvalue weighted by Gasteiger charge is 2.39. The summed E-state index contributed by atoms with van der Waals surface area (Å²) in [4.78, 5) is 23.3. The van der Waals surface area contributed by atoms with Crippen molar-refractivity contribution in [3.63, 3.8) is 0 Å². The number of carbonyl (C=O) groups excluding carboxylic acids is 2. The third kappa shape index (κ3) is 3.70. The molecular formula is C12H22N2O3. The third-order valence-electron chi connectivity index (χ3n) is 3.05. The molecule has 1 rings (SSSR count). The molecule has 5 heteroatoms. The number of nitrogens with two attached hydrogens (primary N) is 1. The van der Waals surface area contributed by atoms with Crippen molar-refractivity contribution < 1.29 is 14.3 Å². The molecule has 0 spiro atoms. The van der Waals surface area contributed by atoms with Gasteiger partial charge in [-0.25, -0.2) is 0 Å². The maximum absolute atomic E-state index is 12.0. The van der Waals surface area contributed by atoms with Gasteiger partial charge in [-0.05, 0) is 32.1 Å². The monoisotopic (exact) mass is 242 g/mol. The molecule has 98 valence electrons. The van der Waals surface area contributed by atoms with Crippen molar-refractivity contribution >= 4 is 11.8 Å². The van der Waals surface area contributed by atoms with E-state index < -0.39 is 17.6 Å². The topological polar surface area (TPSA) is 81.4 Å². The Hall–Kier alpha value is -1.10. The maximum atomic E-state index is 12.0. The minimum atomic E-state index is -0.801. The zero-order valence-electron chi connectivity index (χ0n) is 10.8. The average Bonchev–Trinajstić information content (AvgIpc) is 2.64. The average molecular weight is 242 g/mol. The number of hydrogen-bond acceptors (Lipinski definition) is 3. The van der Waals surface area contributed by atoms with E-state index in [-0.39, 0.29) is 5.91 Å². The van der Waals surface area contributed by atoms with Gasteiger partial charge in [0.05, 0.1) is 0 Å². The lowest BCUT2D eigenvalue weighted by atomic mass is 9.99. The van der Waals surface area contributed by atoms with Gasteiger partial charge in [0.1, 0.15) is 11.6 Å². The molecule has 1 aliphatic rings. The highest BCUT2D eigenvalue weighted by atomic mass is 16.5. The van der Waals surface area contributed by atoms with Crippen molar-refractivity contribution in [2.75, 3.05) is 6.61 Å². The summed E-state index contributed by atoms with van der Waals surface area (Å²) in [7, 11) is 0. The Bertz CT molecular complexity index is 296. The number of nitrogens with one attached hydrogen (secondary N) is 1. The summed E-state index contributed by atoms with van der Waals surface area (Å²) in [6, 6.07) is -0.608. The Kier molecular flexibility index (Phi) is 4.51. The first-order valence-corrected chi connectivity index (χ1v) is 6.09. The molecule has 0 aromatic heterocycles. The van der Waals surface area contributed by atoms with Gasteiger partial charge in [0.2, 0.25) is 5.91 Å². The predicted molar refractivity (Wildman–Crippen MR) is 64.2 cm³/mol. The minimum Gasteiger partial charge on any atom is -0.368 e. The van der Waals surface area contributed by atoms with Crippen LogP contribution in [0.15, 0.2) is 0 Å². The molecule has 1 aliphatic heterocycles. The van der Waals surface area contributed by atoms with Gasteiger partial charge in [-0.2, -0.15) is 0 Å². The summed E-state index contributed by atoms with van der Waals surface area (Å²) < 4.78 is 5.42. The van der Waals surface area contributed by atoms with Gasteiger partial charge < -0.3 is 15.8 Å². The lowest BCUT2D eigenvalue weighted by Gasteiger charge is -2.25. The van der Waals surface area contributed by atoms with Gasteiger partial charge in [0.15, 0.2) is 0 Å². The molecule has 3 N–H and O–H groups in total. The van der Waals surface area contributed by atoms with E-state index in [0.717, 1.165) is 6.42 Å². The largest absolute Gasteiger partial charge is 0.368 e. The van der Waals surface area contributed by atoms with Crippen LogP contribution in [0.1, 0.15) is 40.0 Å². The standard InChI is InChI=1S/C12H22N2O3/c1-8(2)7-9(10(13)15)14-11(16)12(3)5-4-6-17-12/h8-9H,4-7H2,1-3H3,(H2,13,15)(H,14,16)/t9-,12-/m0/s1. The molecule has 0 saturated carbocycles. The Morgan fingerprint density at radius 3 is 2.53 bits per heavy atom. The Morgan fingerprint density at radius 1 is 1.47 bits per heavy atom. The Labute approximate surface area is 102 Å². The number of ether oxygens (including phenoxy) is 1. The molecule has 1 saturated heterocycles. The maximum Gasteiger partial charge on any atom is 0.252 e. The fraction of sp³-hybridized carbons (Fsp3) is 0.833. The minimum absolute atomic E-state index is 0.237. The van der Waals surface area contributed by atoms with E-state index in [0.29, 0.717) is 25.4 Å². The normalized spacial score (nSPS) is 25.9. The van der Waals surface area contributed by atoms with Gasteiger partial charge in [-0.15, -0.1) is 0 Å². The Balaban J connectivity index is 2.60. The van der Waals surface area contributed by atoms with Gasteiger partial charge >= 0.3 is 0 Å². The van der Waals surface area contributed by atoms with Crippen LogP contribution in [0, 0.1) is 5.92 Å².